The molecule has 0 saturated heterocycles. The summed E-state index contributed by atoms with van der Waals surface area (Å²) < 4.78 is 10.6. The van der Waals surface area contributed by atoms with Crippen molar-refractivity contribution in [2.45, 2.75) is 19.4 Å². The van der Waals surface area contributed by atoms with E-state index in [-0.39, 0.29) is 12.7 Å². The van der Waals surface area contributed by atoms with Gasteiger partial charge in [0, 0.05) is 13.0 Å². The highest BCUT2D eigenvalue weighted by Crippen LogP contribution is 2.19. The van der Waals surface area contributed by atoms with Gasteiger partial charge in [-0.05, 0) is 18.6 Å². The maximum absolute atomic E-state index is 9.12. The van der Waals surface area contributed by atoms with E-state index in [2.05, 4.69) is 0 Å². The van der Waals surface area contributed by atoms with Gasteiger partial charge in [-0.1, -0.05) is 18.2 Å². The highest BCUT2D eigenvalue weighted by molar-refractivity contribution is 5.33. The number of rotatable bonds is 6. The summed E-state index contributed by atoms with van der Waals surface area (Å²) in [6.45, 7) is 2.57. The number of aliphatic hydroxyl groups is 1. The van der Waals surface area contributed by atoms with Crippen LogP contribution in [0.3, 0.4) is 0 Å². The molecule has 0 aliphatic rings. The predicted octanol–water partition coefficient (Wildman–Crippen LogP) is 1.64. The smallest absolute Gasteiger partial charge is 0.122 e. The van der Waals surface area contributed by atoms with Crippen LogP contribution in [0.4, 0.5) is 0 Å². The molecule has 0 aromatic heterocycles. The van der Waals surface area contributed by atoms with Gasteiger partial charge >= 0.3 is 0 Å². The number of hydrogen-bond donors (Lipinski definition) is 1. The van der Waals surface area contributed by atoms with E-state index in [0.29, 0.717) is 13.0 Å². The normalized spacial score (nSPS) is 12.5. The zero-order chi connectivity index (χ0) is 11.1. The highest BCUT2D eigenvalue weighted by atomic mass is 16.5. The minimum absolute atomic E-state index is 0.0336. The van der Waals surface area contributed by atoms with E-state index in [1.54, 1.807) is 7.11 Å². The van der Waals surface area contributed by atoms with Crippen LogP contribution in [-0.2, 0) is 11.2 Å². The fourth-order valence-corrected chi connectivity index (χ4v) is 1.53. The zero-order valence-electron chi connectivity index (χ0n) is 9.27. The van der Waals surface area contributed by atoms with Crippen molar-refractivity contribution < 1.29 is 14.6 Å². The van der Waals surface area contributed by atoms with Crippen LogP contribution in [0.1, 0.15) is 12.5 Å². The lowest BCUT2D eigenvalue weighted by molar-refractivity contribution is 0.0204. The van der Waals surface area contributed by atoms with Crippen molar-refractivity contribution in [1.82, 2.24) is 0 Å². The molecule has 1 N–H and O–H groups in total. The maximum Gasteiger partial charge on any atom is 0.122 e. The second kappa shape index (κ2) is 6.43. The predicted molar refractivity (Wildman–Crippen MR) is 59.2 cm³/mol. The minimum atomic E-state index is -0.147. The summed E-state index contributed by atoms with van der Waals surface area (Å²) in [5.41, 5.74) is 1.06. The summed E-state index contributed by atoms with van der Waals surface area (Å²) >= 11 is 0. The summed E-state index contributed by atoms with van der Waals surface area (Å²) in [6, 6.07) is 7.78. The number of ether oxygens (including phenoxy) is 2. The number of benzene rings is 1. The third-order valence-electron chi connectivity index (χ3n) is 2.25. The van der Waals surface area contributed by atoms with Gasteiger partial charge in [0.25, 0.3) is 0 Å². The van der Waals surface area contributed by atoms with Gasteiger partial charge in [-0.2, -0.15) is 0 Å². The van der Waals surface area contributed by atoms with Gasteiger partial charge in [0.15, 0.2) is 0 Å². The Hall–Kier alpha value is -1.06. The molecule has 3 nitrogen and oxygen atoms in total. The summed E-state index contributed by atoms with van der Waals surface area (Å²) in [6.07, 6.45) is 0.528. The molecule has 0 heterocycles. The monoisotopic (exact) mass is 210 g/mol. The van der Waals surface area contributed by atoms with E-state index < -0.39 is 0 Å². The summed E-state index contributed by atoms with van der Waals surface area (Å²) in [7, 11) is 1.65. The van der Waals surface area contributed by atoms with Crippen LogP contribution in [0.15, 0.2) is 24.3 Å². The average molecular weight is 210 g/mol. The second-order valence-electron chi connectivity index (χ2n) is 3.28. The first-order valence-electron chi connectivity index (χ1n) is 5.16. The Balaban J connectivity index is 2.69. The fourth-order valence-electron chi connectivity index (χ4n) is 1.53. The summed E-state index contributed by atoms with van der Waals surface area (Å²) in [5.74, 6) is 0.843. The van der Waals surface area contributed by atoms with Crippen LogP contribution >= 0.6 is 0 Å². The third kappa shape index (κ3) is 3.53. The molecule has 0 radical (unpaired) electrons. The Bertz CT molecular complexity index is 286. The van der Waals surface area contributed by atoms with E-state index in [4.69, 9.17) is 14.6 Å². The van der Waals surface area contributed by atoms with Gasteiger partial charge in [-0.25, -0.2) is 0 Å². The Morgan fingerprint density at radius 1 is 1.33 bits per heavy atom. The molecule has 1 aromatic rings. The fraction of sp³-hybridized carbons (Fsp3) is 0.500. The van der Waals surface area contributed by atoms with Gasteiger partial charge in [0.05, 0.1) is 19.8 Å². The molecule has 84 valence electrons. The molecule has 0 aliphatic carbocycles. The molecule has 0 amide bonds. The van der Waals surface area contributed by atoms with Gasteiger partial charge in [-0.15, -0.1) is 0 Å². The standard InChI is InChI=1S/C12H18O3/c1-3-15-11(9-13)8-10-6-4-5-7-12(10)14-2/h4-7,11,13H,3,8-9H2,1-2H3. The Morgan fingerprint density at radius 2 is 2.07 bits per heavy atom. The third-order valence-corrected chi connectivity index (χ3v) is 2.25. The molecular formula is C12H18O3. The molecule has 1 rings (SSSR count). The highest BCUT2D eigenvalue weighted by Gasteiger charge is 2.10. The van der Waals surface area contributed by atoms with Crippen molar-refractivity contribution in [2.75, 3.05) is 20.3 Å². The lowest BCUT2D eigenvalue weighted by Gasteiger charge is -2.15. The maximum atomic E-state index is 9.12. The molecule has 1 unspecified atom stereocenters. The number of aliphatic hydroxyl groups excluding tert-OH is 1. The largest absolute Gasteiger partial charge is 0.496 e. The molecule has 0 saturated carbocycles. The van der Waals surface area contributed by atoms with Gasteiger partial charge in [-0.3, -0.25) is 0 Å². The van der Waals surface area contributed by atoms with Crippen molar-refractivity contribution in [3.63, 3.8) is 0 Å². The summed E-state index contributed by atoms with van der Waals surface area (Å²) in [4.78, 5) is 0. The molecule has 0 aliphatic heterocycles. The van der Waals surface area contributed by atoms with E-state index in [1.807, 2.05) is 31.2 Å². The van der Waals surface area contributed by atoms with Crippen molar-refractivity contribution in [1.29, 1.82) is 0 Å². The quantitative estimate of drug-likeness (QED) is 0.775. The van der Waals surface area contributed by atoms with Crippen molar-refractivity contribution >= 4 is 0 Å². The van der Waals surface area contributed by atoms with Gasteiger partial charge in [0.1, 0.15) is 5.75 Å². The van der Waals surface area contributed by atoms with Crippen LogP contribution < -0.4 is 4.74 Å². The molecular weight excluding hydrogens is 192 g/mol. The molecule has 15 heavy (non-hydrogen) atoms. The topological polar surface area (TPSA) is 38.7 Å². The van der Waals surface area contributed by atoms with Crippen LogP contribution in [0.5, 0.6) is 5.75 Å². The molecule has 0 fully saturated rings. The van der Waals surface area contributed by atoms with Crippen molar-refractivity contribution in [3.05, 3.63) is 29.8 Å². The number of methoxy groups -OCH3 is 1. The molecule has 0 spiro atoms. The first-order chi connectivity index (χ1) is 7.31. The Labute approximate surface area is 90.6 Å². The van der Waals surface area contributed by atoms with Crippen LogP contribution in [-0.4, -0.2) is 31.5 Å². The Morgan fingerprint density at radius 3 is 2.67 bits per heavy atom. The zero-order valence-corrected chi connectivity index (χ0v) is 9.27. The van der Waals surface area contributed by atoms with Crippen LogP contribution in [0, 0.1) is 0 Å². The van der Waals surface area contributed by atoms with Crippen molar-refractivity contribution in [2.24, 2.45) is 0 Å². The van der Waals surface area contributed by atoms with Gasteiger partial charge < -0.3 is 14.6 Å². The summed E-state index contributed by atoms with van der Waals surface area (Å²) in [5, 5.41) is 9.12. The first-order valence-corrected chi connectivity index (χ1v) is 5.16. The Kier molecular flexibility index (Phi) is 5.15. The lowest BCUT2D eigenvalue weighted by Crippen LogP contribution is -2.20. The minimum Gasteiger partial charge on any atom is -0.496 e. The number of hydrogen-bond acceptors (Lipinski definition) is 3. The van der Waals surface area contributed by atoms with E-state index in [0.717, 1.165) is 11.3 Å². The lowest BCUT2D eigenvalue weighted by atomic mass is 10.1. The van der Waals surface area contributed by atoms with Gasteiger partial charge in [0.2, 0.25) is 0 Å². The van der Waals surface area contributed by atoms with E-state index in [9.17, 15) is 0 Å². The van der Waals surface area contributed by atoms with Crippen molar-refractivity contribution in [3.8, 4) is 5.75 Å². The molecule has 0 bridgehead atoms. The molecule has 1 atom stereocenters. The second-order valence-corrected chi connectivity index (χ2v) is 3.28. The first kappa shape index (κ1) is 12.0. The molecule has 1 aromatic carbocycles. The average Bonchev–Trinajstić information content (AvgIpc) is 2.29. The number of para-hydroxylation sites is 1. The van der Waals surface area contributed by atoms with Crippen LogP contribution in [0.2, 0.25) is 0 Å². The van der Waals surface area contributed by atoms with E-state index >= 15 is 0 Å². The molecule has 3 heteroatoms. The van der Waals surface area contributed by atoms with Crippen LogP contribution in [0.25, 0.3) is 0 Å². The SMILES string of the molecule is CCOC(CO)Cc1ccccc1OC. The van der Waals surface area contributed by atoms with E-state index in [1.165, 1.54) is 0 Å².